The fourth-order valence-electron chi connectivity index (χ4n) is 1.57. The maximum atomic E-state index is 12.1. The lowest BCUT2D eigenvalue weighted by molar-refractivity contribution is 0.0313. The number of likely N-dealkylation sites (N-methyl/N-ethyl adjacent to an activating group) is 1. The molecule has 1 aromatic rings. The number of hydrogen-bond acceptors (Lipinski definition) is 3. The van der Waals surface area contributed by atoms with Crippen LogP contribution in [0.4, 0.5) is 0 Å². The highest BCUT2D eigenvalue weighted by atomic mass is 16.3. The Morgan fingerprint density at radius 3 is 2.56 bits per heavy atom. The Balaban J connectivity index is 2.82. The van der Waals surface area contributed by atoms with E-state index in [-0.39, 0.29) is 5.91 Å². The minimum atomic E-state index is -0.886. The van der Waals surface area contributed by atoms with Crippen LogP contribution in [0.2, 0.25) is 0 Å². The average Bonchev–Trinajstić information content (AvgIpc) is 2.58. The summed E-state index contributed by atoms with van der Waals surface area (Å²) in [6.45, 7) is 7.89. The van der Waals surface area contributed by atoms with Crippen LogP contribution in [0.1, 0.15) is 36.9 Å². The van der Waals surface area contributed by atoms with Gasteiger partial charge in [-0.1, -0.05) is 0 Å². The van der Waals surface area contributed by atoms with Crippen molar-refractivity contribution in [2.24, 2.45) is 0 Å². The molecule has 0 spiro atoms. The van der Waals surface area contributed by atoms with Crippen molar-refractivity contribution >= 4 is 5.91 Å². The first-order valence-corrected chi connectivity index (χ1v) is 5.41. The van der Waals surface area contributed by atoms with Gasteiger partial charge in [-0.15, -0.1) is 0 Å². The fraction of sp³-hybridized carbons (Fsp3) is 0.583. The van der Waals surface area contributed by atoms with Crippen LogP contribution < -0.4 is 0 Å². The van der Waals surface area contributed by atoms with Gasteiger partial charge in [-0.3, -0.25) is 4.79 Å². The lowest BCUT2D eigenvalue weighted by Crippen LogP contribution is -2.42. The molecular formula is C12H19NO3. The summed E-state index contributed by atoms with van der Waals surface area (Å²) < 4.78 is 5.10. The summed E-state index contributed by atoms with van der Waals surface area (Å²) in [6, 6.07) is 1.66. The molecule has 0 bridgehead atoms. The van der Waals surface area contributed by atoms with Crippen molar-refractivity contribution < 1.29 is 14.3 Å². The van der Waals surface area contributed by atoms with Gasteiger partial charge in [-0.05, 0) is 33.8 Å². The third-order valence-corrected chi connectivity index (χ3v) is 2.34. The minimum absolute atomic E-state index is 0.101. The standard InChI is InChI=1S/C12H19NO3/c1-5-13(8-12(3,4)15)11(14)10-6-7-16-9(10)2/h6-7,15H,5,8H2,1-4H3. The lowest BCUT2D eigenvalue weighted by Gasteiger charge is -2.27. The van der Waals surface area contributed by atoms with Gasteiger partial charge in [0.05, 0.1) is 17.4 Å². The van der Waals surface area contributed by atoms with E-state index in [4.69, 9.17) is 4.42 Å². The van der Waals surface area contributed by atoms with Crippen LogP contribution >= 0.6 is 0 Å². The topological polar surface area (TPSA) is 53.7 Å². The number of aryl methyl sites for hydroxylation is 1. The maximum Gasteiger partial charge on any atom is 0.257 e. The van der Waals surface area contributed by atoms with Gasteiger partial charge < -0.3 is 14.4 Å². The van der Waals surface area contributed by atoms with Crippen molar-refractivity contribution in [3.8, 4) is 0 Å². The predicted molar refractivity (Wildman–Crippen MR) is 61.3 cm³/mol. The molecule has 0 aromatic carbocycles. The molecule has 1 N–H and O–H groups in total. The predicted octanol–water partition coefficient (Wildman–Crippen LogP) is 1.82. The van der Waals surface area contributed by atoms with E-state index >= 15 is 0 Å². The molecule has 0 aliphatic rings. The Hall–Kier alpha value is -1.29. The average molecular weight is 225 g/mol. The first-order chi connectivity index (χ1) is 7.35. The van der Waals surface area contributed by atoms with E-state index < -0.39 is 5.60 Å². The van der Waals surface area contributed by atoms with Gasteiger partial charge in [0.25, 0.3) is 5.91 Å². The largest absolute Gasteiger partial charge is 0.469 e. The van der Waals surface area contributed by atoms with E-state index in [1.54, 1.807) is 31.7 Å². The maximum absolute atomic E-state index is 12.1. The van der Waals surface area contributed by atoms with Gasteiger partial charge in [0.1, 0.15) is 5.76 Å². The summed E-state index contributed by atoms with van der Waals surface area (Å²) in [5, 5.41) is 9.72. The molecule has 90 valence electrons. The number of nitrogens with zero attached hydrogens (tertiary/aromatic N) is 1. The van der Waals surface area contributed by atoms with E-state index in [1.165, 1.54) is 6.26 Å². The molecule has 0 saturated carbocycles. The molecule has 4 nitrogen and oxygen atoms in total. The Bertz CT molecular complexity index is 363. The molecule has 0 aliphatic heterocycles. The Morgan fingerprint density at radius 2 is 2.19 bits per heavy atom. The van der Waals surface area contributed by atoms with Gasteiger partial charge >= 0.3 is 0 Å². The van der Waals surface area contributed by atoms with Gasteiger partial charge in [-0.2, -0.15) is 0 Å². The molecule has 0 unspecified atom stereocenters. The third-order valence-electron chi connectivity index (χ3n) is 2.34. The van der Waals surface area contributed by atoms with Gasteiger partial charge in [0.2, 0.25) is 0 Å². The Kier molecular flexibility index (Phi) is 3.75. The second kappa shape index (κ2) is 4.70. The smallest absolute Gasteiger partial charge is 0.257 e. The van der Waals surface area contributed by atoms with Crippen molar-refractivity contribution in [1.29, 1.82) is 0 Å². The summed E-state index contributed by atoms with van der Waals surface area (Å²) in [7, 11) is 0. The summed E-state index contributed by atoms with van der Waals surface area (Å²) in [4.78, 5) is 13.7. The van der Waals surface area contributed by atoms with E-state index in [9.17, 15) is 9.90 Å². The quantitative estimate of drug-likeness (QED) is 0.850. The van der Waals surface area contributed by atoms with E-state index in [2.05, 4.69) is 0 Å². The van der Waals surface area contributed by atoms with Gasteiger partial charge in [-0.25, -0.2) is 0 Å². The van der Waals surface area contributed by atoms with Crippen LogP contribution in [0.15, 0.2) is 16.7 Å². The molecule has 0 radical (unpaired) electrons. The molecule has 1 aromatic heterocycles. The molecule has 0 aliphatic carbocycles. The van der Waals surface area contributed by atoms with Crippen LogP contribution in [0, 0.1) is 6.92 Å². The van der Waals surface area contributed by atoms with Gasteiger partial charge in [0, 0.05) is 13.1 Å². The number of amides is 1. The van der Waals surface area contributed by atoms with Crippen molar-refractivity contribution in [2.45, 2.75) is 33.3 Å². The molecule has 0 fully saturated rings. The first kappa shape index (κ1) is 12.8. The van der Waals surface area contributed by atoms with Crippen LogP contribution in [-0.4, -0.2) is 34.6 Å². The summed E-state index contributed by atoms with van der Waals surface area (Å²) in [5.41, 5.74) is -0.324. The highest BCUT2D eigenvalue weighted by molar-refractivity contribution is 5.95. The van der Waals surface area contributed by atoms with Crippen LogP contribution in [0.25, 0.3) is 0 Å². The van der Waals surface area contributed by atoms with Crippen molar-refractivity contribution in [2.75, 3.05) is 13.1 Å². The monoisotopic (exact) mass is 225 g/mol. The number of carbonyl (C=O) groups excluding carboxylic acids is 1. The minimum Gasteiger partial charge on any atom is -0.469 e. The molecule has 0 atom stereocenters. The Labute approximate surface area is 95.9 Å². The van der Waals surface area contributed by atoms with Crippen molar-refractivity contribution in [1.82, 2.24) is 4.90 Å². The number of hydrogen-bond donors (Lipinski definition) is 1. The van der Waals surface area contributed by atoms with Crippen LogP contribution in [0.5, 0.6) is 0 Å². The highest BCUT2D eigenvalue weighted by Gasteiger charge is 2.23. The number of aliphatic hydroxyl groups is 1. The van der Waals surface area contributed by atoms with E-state index in [1.807, 2.05) is 6.92 Å². The molecular weight excluding hydrogens is 206 g/mol. The second-order valence-corrected chi connectivity index (χ2v) is 4.52. The van der Waals surface area contributed by atoms with Gasteiger partial charge in [0.15, 0.2) is 0 Å². The summed E-state index contributed by atoms with van der Waals surface area (Å²) >= 11 is 0. The molecule has 4 heteroatoms. The third kappa shape index (κ3) is 3.10. The number of rotatable bonds is 4. The van der Waals surface area contributed by atoms with E-state index in [0.717, 1.165) is 0 Å². The summed E-state index contributed by atoms with van der Waals surface area (Å²) in [6.07, 6.45) is 1.50. The molecule has 1 heterocycles. The van der Waals surface area contributed by atoms with Crippen molar-refractivity contribution in [3.63, 3.8) is 0 Å². The summed E-state index contributed by atoms with van der Waals surface area (Å²) in [5.74, 6) is 0.509. The molecule has 1 amide bonds. The lowest BCUT2D eigenvalue weighted by atomic mass is 10.1. The zero-order chi connectivity index (χ0) is 12.3. The zero-order valence-electron chi connectivity index (χ0n) is 10.3. The SMILES string of the molecule is CCN(CC(C)(C)O)C(=O)c1ccoc1C. The highest BCUT2D eigenvalue weighted by Crippen LogP contribution is 2.14. The normalized spacial score (nSPS) is 11.6. The molecule has 16 heavy (non-hydrogen) atoms. The number of carbonyl (C=O) groups is 1. The first-order valence-electron chi connectivity index (χ1n) is 5.41. The van der Waals surface area contributed by atoms with Crippen LogP contribution in [-0.2, 0) is 0 Å². The Morgan fingerprint density at radius 1 is 1.56 bits per heavy atom. The van der Waals surface area contributed by atoms with Crippen molar-refractivity contribution in [3.05, 3.63) is 23.7 Å². The van der Waals surface area contributed by atoms with E-state index in [0.29, 0.717) is 24.4 Å². The molecule has 1 rings (SSSR count). The zero-order valence-corrected chi connectivity index (χ0v) is 10.3. The van der Waals surface area contributed by atoms with Crippen LogP contribution in [0.3, 0.4) is 0 Å². The molecule has 0 saturated heterocycles. The fourth-order valence-corrected chi connectivity index (χ4v) is 1.57. The number of furan rings is 1. The second-order valence-electron chi connectivity index (χ2n) is 4.52.